The molecule has 88 valence electrons. The van der Waals surface area contributed by atoms with Gasteiger partial charge in [0.25, 0.3) is 0 Å². The van der Waals surface area contributed by atoms with E-state index in [1.54, 1.807) is 18.2 Å². The molecule has 1 rings (SSSR count). The van der Waals surface area contributed by atoms with E-state index < -0.39 is 0 Å². The third-order valence-electron chi connectivity index (χ3n) is 2.17. The summed E-state index contributed by atoms with van der Waals surface area (Å²) in [5, 5.41) is 0. The largest absolute Gasteiger partial charge is 0.494 e. The van der Waals surface area contributed by atoms with Crippen molar-refractivity contribution in [2.75, 3.05) is 13.7 Å². The molecule has 4 heteroatoms. The lowest BCUT2D eigenvalue weighted by Crippen LogP contribution is -2.09. The number of nitrogens with two attached hydrogens (primary N) is 1. The van der Waals surface area contributed by atoms with Crippen LogP contribution < -0.4 is 10.5 Å². The van der Waals surface area contributed by atoms with Crippen LogP contribution in [0, 0.1) is 0 Å². The van der Waals surface area contributed by atoms with Gasteiger partial charge < -0.3 is 15.2 Å². The summed E-state index contributed by atoms with van der Waals surface area (Å²) >= 11 is 0. The van der Waals surface area contributed by atoms with Gasteiger partial charge in [-0.05, 0) is 30.2 Å². The van der Waals surface area contributed by atoms with Crippen molar-refractivity contribution in [2.24, 2.45) is 5.73 Å². The topological polar surface area (TPSA) is 61.5 Å². The van der Waals surface area contributed by atoms with Crippen LogP contribution >= 0.6 is 0 Å². The molecule has 0 unspecified atom stereocenters. The molecule has 0 saturated carbocycles. The zero-order valence-corrected chi connectivity index (χ0v) is 9.66. The fourth-order valence-electron chi connectivity index (χ4n) is 1.36. The van der Waals surface area contributed by atoms with E-state index in [9.17, 15) is 4.79 Å². The smallest absolute Gasteiger partial charge is 0.338 e. The molecule has 1 aromatic rings. The SMILES string of the molecule is CCCOc1ccc(C(=O)OC)c(CN)c1. The third kappa shape index (κ3) is 2.97. The summed E-state index contributed by atoms with van der Waals surface area (Å²) in [6.45, 7) is 2.97. The molecule has 0 heterocycles. The Kier molecular flexibility index (Phi) is 4.79. The fraction of sp³-hybridized carbons (Fsp3) is 0.417. The lowest BCUT2D eigenvalue weighted by Gasteiger charge is -2.09. The van der Waals surface area contributed by atoms with Crippen LogP contribution in [0.25, 0.3) is 0 Å². The second kappa shape index (κ2) is 6.12. The highest BCUT2D eigenvalue weighted by molar-refractivity contribution is 5.91. The average molecular weight is 223 g/mol. The number of benzene rings is 1. The van der Waals surface area contributed by atoms with Gasteiger partial charge in [-0.15, -0.1) is 0 Å². The van der Waals surface area contributed by atoms with Crippen LogP contribution in [-0.2, 0) is 11.3 Å². The molecule has 0 aliphatic carbocycles. The van der Waals surface area contributed by atoms with Gasteiger partial charge in [0.1, 0.15) is 5.75 Å². The van der Waals surface area contributed by atoms with Gasteiger partial charge in [-0.1, -0.05) is 6.92 Å². The van der Waals surface area contributed by atoms with Gasteiger partial charge in [-0.3, -0.25) is 0 Å². The molecule has 16 heavy (non-hydrogen) atoms. The number of carbonyl (C=O) groups is 1. The number of carbonyl (C=O) groups excluding carboxylic acids is 1. The first-order chi connectivity index (χ1) is 7.72. The summed E-state index contributed by atoms with van der Waals surface area (Å²) in [5.41, 5.74) is 6.81. The number of ether oxygens (including phenoxy) is 2. The Balaban J connectivity index is 2.92. The molecule has 0 aliphatic heterocycles. The first-order valence-electron chi connectivity index (χ1n) is 5.27. The average Bonchev–Trinajstić information content (AvgIpc) is 2.34. The predicted molar refractivity (Wildman–Crippen MR) is 61.5 cm³/mol. The molecule has 0 radical (unpaired) electrons. The maximum absolute atomic E-state index is 11.4. The number of esters is 1. The van der Waals surface area contributed by atoms with E-state index in [0.717, 1.165) is 17.7 Å². The molecule has 4 nitrogen and oxygen atoms in total. The molecule has 2 N–H and O–H groups in total. The zero-order chi connectivity index (χ0) is 12.0. The van der Waals surface area contributed by atoms with Gasteiger partial charge in [0, 0.05) is 6.54 Å². The Bertz CT molecular complexity index is 363. The number of hydrogen-bond acceptors (Lipinski definition) is 4. The molecule has 0 spiro atoms. The molecule has 1 aromatic carbocycles. The van der Waals surface area contributed by atoms with Crippen molar-refractivity contribution >= 4 is 5.97 Å². The van der Waals surface area contributed by atoms with Crippen molar-refractivity contribution in [1.29, 1.82) is 0 Å². The van der Waals surface area contributed by atoms with Gasteiger partial charge >= 0.3 is 5.97 Å². The van der Waals surface area contributed by atoms with Crippen LogP contribution in [0.2, 0.25) is 0 Å². The van der Waals surface area contributed by atoms with Gasteiger partial charge in [0.05, 0.1) is 19.3 Å². The van der Waals surface area contributed by atoms with Gasteiger partial charge in [0.2, 0.25) is 0 Å². The Hall–Kier alpha value is -1.55. The molecule has 0 aromatic heterocycles. The highest BCUT2D eigenvalue weighted by Gasteiger charge is 2.11. The molecular weight excluding hydrogens is 206 g/mol. The van der Waals surface area contributed by atoms with Crippen LogP contribution in [0.5, 0.6) is 5.75 Å². The van der Waals surface area contributed by atoms with E-state index in [4.69, 9.17) is 10.5 Å². The highest BCUT2D eigenvalue weighted by Crippen LogP contribution is 2.18. The van der Waals surface area contributed by atoms with E-state index in [1.807, 2.05) is 6.92 Å². The quantitative estimate of drug-likeness (QED) is 0.772. The van der Waals surface area contributed by atoms with Crippen molar-refractivity contribution in [1.82, 2.24) is 0 Å². The summed E-state index contributed by atoms with van der Waals surface area (Å²) in [5.74, 6) is 0.359. The summed E-state index contributed by atoms with van der Waals surface area (Å²) in [4.78, 5) is 11.4. The minimum Gasteiger partial charge on any atom is -0.494 e. The van der Waals surface area contributed by atoms with Gasteiger partial charge in [-0.25, -0.2) is 4.79 Å². The van der Waals surface area contributed by atoms with E-state index in [0.29, 0.717) is 12.2 Å². The molecule has 0 aliphatic rings. The lowest BCUT2D eigenvalue weighted by atomic mass is 10.1. The van der Waals surface area contributed by atoms with Crippen molar-refractivity contribution in [3.05, 3.63) is 29.3 Å². The summed E-state index contributed by atoms with van der Waals surface area (Å²) in [6.07, 6.45) is 0.941. The first-order valence-corrected chi connectivity index (χ1v) is 5.27. The Morgan fingerprint density at radius 1 is 1.44 bits per heavy atom. The van der Waals surface area contributed by atoms with E-state index >= 15 is 0 Å². The standard InChI is InChI=1S/C12H17NO3/c1-3-6-16-10-4-5-11(12(14)15-2)9(7-10)8-13/h4-5,7H,3,6,8,13H2,1-2H3. The normalized spacial score (nSPS) is 9.94. The van der Waals surface area contributed by atoms with Gasteiger partial charge in [-0.2, -0.15) is 0 Å². The molecule has 0 amide bonds. The highest BCUT2D eigenvalue weighted by atomic mass is 16.5. The Morgan fingerprint density at radius 2 is 2.19 bits per heavy atom. The number of methoxy groups -OCH3 is 1. The maximum Gasteiger partial charge on any atom is 0.338 e. The van der Waals surface area contributed by atoms with Crippen LogP contribution in [0.15, 0.2) is 18.2 Å². The maximum atomic E-state index is 11.4. The molecule has 0 fully saturated rings. The van der Waals surface area contributed by atoms with E-state index in [-0.39, 0.29) is 12.5 Å². The third-order valence-corrected chi connectivity index (χ3v) is 2.17. The van der Waals surface area contributed by atoms with Crippen molar-refractivity contribution in [2.45, 2.75) is 19.9 Å². The predicted octanol–water partition coefficient (Wildman–Crippen LogP) is 1.72. The van der Waals surface area contributed by atoms with E-state index in [1.165, 1.54) is 7.11 Å². The zero-order valence-electron chi connectivity index (χ0n) is 9.66. The molecule has 0 bridgehead atoms. The monoisotopic (exact) mass is 223 g/mol. The minimum absolute atomic E-state index is 0.285. The van der Waals surface area contributed by atoms with Crippen molar-refractivity contribution in [3.8, 4) is 5.75 Å². The molecule has 0 saturated heterocycles. The van der Waals surface area contributed by atoms with Crippen LogP contribution in [0.1, 0.15) is 29.3 Å². The second-order valence-corrected chi connectivity index (χ2v) is 3.36. The summed E-state index contributed by atoms with van der Waals surface area (Å²) in [7, 11) is 1.35. The lowest BCUT2D eigenvalue weighted by molar-refractivity contribution is 0.0599. The summed E-state index contributed by atoms with van der Waals surface area (Å²) < 4.78 is 10.1. The van der Waals surface area contributed by atoms with Crippen LogP contribution in [0.4, 0.5) is 0 Å². The second-order valence-electron chi connectivity index (χ2n) is 3.36. The fourth-order valence-corrected chi connectivity index (χ4v) is 1.36. The van der Waals surface area contributed by atoms with Crippen molar-refractivity contribution < 1.29 is 14.3 Å². The number of rotatable bonds is 5. The summed E-state index contributed by atoms with van der Waals surface area (Å²) in [6, 6.07) is 5.21. The Labute approximate surface area is 95.3 Å². The van der Waals surface area contributed by atoms with Crippen molar-refractivity contribution in [3.63, 3.8) is 0 Å². The van der Waals surface area contributed by atoms with E-state index in [2.05, 4.69) is 4.74 Å². The minimum atomic E-state index is -0.373. The Morgan fingerprint density at radius 3 is 2.75 bits per heavy atom. The van der Waals surface area contributed by atoms with Crippen LogP contribution in [-0.4, -0.2) is 19.7 Å². The van der Waals surface area contributed by atoms with Crippen LogP contribution in [0.3, 0.4) is 0 Å². The number of hydrogen-bond donors (Lipinski definition) is 1. The van der Waals surface area contributed by atoms with Gasteiger partial charge in [0.15, 0.2) is 0 Å². The molecular formula is C12H17NO3. The first kappa shape index (κ1) is 12.5. The molecule has 0 atom stereocenters.